The lowest BCUT2D eigenvalue weighted by Gasteiger charge is -2.21. The van der Waals surface area contributed by atoms with Crippen LogP contribution in [0.5, 0.6) is 11.5 Å². The van der Waals surface area contributed by atoms with Crippen LogP contribution in [0.15, 0.2) is 18.2 Å². The molecule has 0 aliphatic carbocycles. The van der Waals surface area contributed by atoms with Crippen molar-refractivity contribution >= 4 is 12.4 Å². The monoisotopic (exact) mass is 297 g/mol. The number of rotatable bonds is 8. The summed E-state index contributed by atoms with van der Waals surface area (Å²) in [4.78, 5) is 22.4. The van der Waals surface area contributed by atoms with Gasteiger partial charge in [0.1, 0.15) is 17.6 Å². The van der Waals surface area contributed by atoms with Crippen molar-refractivity contribution in [2.75, 3.05) is 20.8 Å². The average Bonchev–Trinajstić information content (AvgIpc) is 2.51. The van der Waals surface area contributed by atoms with Gasteiger partial charge in [-0.1, -0.05) is 0 Å². The van der Waals surface area contributed by atoms with Gasteiger partial charge in [0.15, 0.2) is 6.04 Å². The second-order valence-corrected chi connectivity index (χ2v) is 4.11. The Labute approximate surface area is 122 Å². The normalized spacial score (nSPS) is 13.0. The predicted octanol–water partition coefficient (Wildman–Crippen LogP) is 0.415. The molecule has 0 saturated carbocycles. The first kappa shape index (κ1) is 16.8. The van der Waals surface area contributed by atoms with E-state index < -0.39 is 18.1 Å². The average molecular weight is 297 g/mol. The number of esters is 1. The molecule has 0 radical (unpaired) electrons. The molecule has 7 nitrogen and oxygen atoms in total. The number of amides is 1. The van der Waals surface area contributed by atoms with Crippen molar-refractivity contribution in [3.05, 3.63) is 23.8 Å². The van der Waals surface area contributed by atoms with Gasteiger partial charge in [0.2, 0.25) is 6.41 Å². The third kappa shape index (κ3) is 4.35. The molecule has 0 aliphatic heterocycles. The predicted molar refractivity (Wildman–Crippen MR) is 74.1 cm³/mol. The standard InChI is InChI=1S/C14H19NO6/c1-4-21-14(18)12(15-8-16)13(17)9-5-10(19-2)7-11(6-9)20-3/h5-8,12-13,17H,4H2,1-3H3,(H,15,16). The molecule has 0 fully saturated rings. The second kappa shape index (κ2) is 8.11. The minimum Gasteiger partial charge on any atom is -0.497 e. The fourth-order valence-electron chi connectivity index (χ4n) is 1.79. The Morgan fingerprint density at radius 2 is 1.86 bits per heavy atom. The first-order valence-electron chi connectivity index (χ1n) is 6.34. The maximum atomic E-state index is 11.8. The van der Waals surface area contributed by atoms with E-state index in [0.29, 0.717) is 23.5 Å². The van der Waals surface area contributed by atoms with Crippen LogP contribution in [-0.4, -0.2) is 44.4 Å². The van der Waals surface area contributed by atoms with E-state index in [1.54, 1.807) is 25.1 Å². The van der Waals surface area contributed by atoms with E-state index in [1.165, 1.54) is 14.2 Å². The maximum Gasteiger partial charge on any atom is 0.331 e. The summed E-state index contributed by atoms with van der Waals surface area (Å²) < 4.78 is 15.0. The van der Waals surface area contributed by atoms with Gasteiger partial charge in [-0.15, -0.1) is 0 Å². The molecule has 2 atom stereocenters. The van der Waals surface area contributed by atoms with Gasteiger partial charge in [-0.3, -0.25) is 4.79 Å². The van der Waals surface area contributed by atoms with Crippen LogP contribution >= 0.6 is 0 Å². The molecular formula is C14H19NO6. The van der Waals surface area contributed by atoms with E-state index in [9.17, 15) is 14.7 Å². The zero-order valence-electron chi connectivity index (χ0n) is 12.2. The van der Waals surface area contributed by atoms with Gasteiger partial charge >= 0.3 is 5.97 Å². The molecule has 0 aliphatic rings. The molecule has 116 valence electrons. The Morgan fingerprint density at radius 3 is 2.29 bits per heavy atom. The van der Waals surface area contributed by atoms with Crippen molar-refractivity contribution in [2.45, 2.75) is 19.1 Å². The molecule has 1 amide bonds. The molecule has 1 aromatic carbocycles. The quantitative estimate of drug-likeness (QED) is 0.533. The van der Waals surface area contributed by atoms with Crippen molar-refractivity contribution in [1.29, 1.82) is 0 Å². The number of nitrogens with one attached hydrogen (secondary N) is 1. The Kier molecular flexibility index (Phi) is 6.48. The molecular weight excluding hydrogens is 278 g/mol. The summed E-state index contributed by atoms with van der Waals surface area (Å²) >= 11 is 0. The minimum atomic E-state index is -1.29. The van der Waals surface area contributed by atoms with Crippen LogP contribution in [0.3, 0.4) is 0 Å². The Hall–Kier alpha value is -2.28. The van der Waals surface area contributed by atoms with Crippen LogP contribution in [0.4, 0.5) is 0 Å². The van der Waals surface area contributed by atoms with Crippen molar-refractivity contribution in [3.63, 3.8) is 0 Å². The molecule has 2 unspecified atom stereocenters. The topological polar surface area (TPSA) is 94.1 Å². The summed E-state index contributed by atoms with van der Waals surface area (Å²) in [6.45, 7) is 1.78. The molecule has 0 heterocycles. The lowest BCUT2D eigenvalue weighted by atomic mass is 10.0. The first-order chi connectivity index (χ1) is 10.1. The van der Waals surface area contributed by atoms with E-state index in [1.807, 2.05) is 0 Å². The highest BCUT2D eigenvalue weighted by Gasteiger charge is 2.29. The summed E-state index contributed by atoms with van der Waals surface area (Å²) in [5.41, 5.74) is 0.360. The number of hydrogen-bond acceptors (Lipinski definition) is 6. The van der Waals surface area contributed by atoms with Crippen LogP contribution in [0.25, 0.3) is 0 Å². The number of aliphatic hydroxyl groups excluding tert-OH is 1. The van der Waals surface area contributed by atoms with Gasteiger partial charge in [0, 0.05) is 6.07 Å². The number of methoxy groups -OCH3 is 2. The Balaban J connectivity index is 3.09. The highest BCUT2D eigenvalue weighted by Crippen LogP contribution is 2.28. The number of carbonyl (C=O) groups excluding carboxylic acids is 2. The van der Waals surface area contributed by atoms with E-state index in [4.69, 9.17) is 14.2 Å². The van der Waals surface area contributed by atoms with Crippen LogP contribution in [0.1, 0.15) is 18.6 Å². The number of carbonyl (C=O) groups is 2. The van der Waals surface area contributed by atoms with Gasteiger partial charge < -0.3 is 24.6 Å². The molecule has 0 aromatic heterocycles. The molecule has 1 rings (SSSR count). The lowest BCUT2D eigenvalue weighted by molar-refractivity contribution is -0.149. The van der Waals surface area contributed by atoms with Crippen molar-refractivity contribution in [3.8, 4) is 11.5 Å². The third-order valence-electron chi connectivity index (χ3n) is 2.82. The molecule has 0 saturated heterocycles. The molecule has 0 spiro atoms. The number of aliphatic hydroxyl groups is 1. The fourth-order valence-corrected chi connectivity index (χ4v) is 1.79. The van der Waals surface area contributed by atoms with Gasteiger partial charge in [-0.25, -0.2) is 4.79 Å². The highest BCUT2D eigenvalue weighted by molar-refractivity contribution is 5.79. The summed E-state index contributed by atoms with van der Waals surface area (Å²) in [7, 11) is 2.94. The summed E-state index contributed by atoms with van der Waals surface area (Å²) in [5.74, 6) is 0.188. The van der Waals surface area contributed by atoms with Gasteiger partial charge in [-0.2, -0.15) is 0 Å². The summed E-state index contributed by atoms with van der Waals surface area (Å²) in [6, 6.07) is 3.51. The zero-order chi connectivity index (χ0) is 15.8. The summed E-state index contributed by atoms with van der Waals surface area (Å²) in [6.07, 6.45) is -0.958. The van der Waals surface area contributed by atoms with Crippen LogP contribution < -0.4 is 14.8 Å². The maximum absolute atomic E-state index is 11.8. The Bertz CT molecular complexity index is 468. The first-order valence-corrected chi connectivity index (χ1v) is 6.34. The second-order valence-electron chi connectivity index (χ2n) is 4.11. The fraction of sp³-hybridized carbons (Fsp3) is 0.429. The number of hydrogen-bond donors (Lipinski definition) is 2. The molecule has 0 bridgehead atoms. The van der Waals surface area contributed by atoms with Crippen molar-refractivity contribution in [2.24, 2.45) is 0 Å². The van der Waals surface area contributed by atoms with E-state index >= 15 is 0 Å². The van der Waals surface area contributed by atoms with Gasteiger partial charge in [0.05, 0.1) is 20.8 Å². The van der Waals surface area contributed by atoms with Gasteiger partial charge in [-0.05, 0) is 24.6 Å². The number of benzene rings is 1. The Morgan fingerprint density at radius 1 is 1.29 bits per heavy atom. The molecule has 1 aromatic rings. The molecule has 2 N–H and O–H groups in total. The van der Waals surface area contributed by atoms with E-state index in [-0.39, 0.29) is 6.61 Å². The largest absolute Gasteiger partial charge is 0.497 e. The molecule has 7 heteroatoms. The third-order valence-corrected chi connectivity index (χ3v) is 2.82. The van der Waals surface area contributed by atoms with Crippen molar-refractivity contribution in [1.82, 2.24) is 5.32 Å². The molecule has 21 heavy (non-hydrogen) atoms. The van der Waals surface area contributed by atoms with E-state index in [0.717, 1.165) is 0 Å². The lowest BCUT2D eigenvalue weighted by Crippen LogP contribution is -2.42. The van der Waals surface area contributed by atoms with Gasteiger partial charge in [0.25, 0.3) is 0 Å². The number of ether oxygens (including phenoxy) is 3. The van der Waals surface area contributed by atoms with Crippen LogP contribution in [0.2, 0.25) is 0 Å². The minimum absolute atomic E-state index is 0.143. The van der Waals surface area contributed by atoms with Crippen molar-refractivity contribution < 1.29 is 28.9 Å². The van der Waals surface area contributed by atoms with Crippen LogP contribution in [-0.2, 0) is 14.3 Å². The van der Waals surface area contributed by atoms with E-state index in [2.05, 4.69) is 5.32 Å². The SMILES string of the molecule is CCOC(=O)C(NC=O)C(O)c1cc(OC)cc(OC)c1. The summed E-state index contributed by atoms with van der Waals surface area (Å²) in [5, 5.41) is 12.6. The highest BCUT2D eigenvalue weighted by atomic mass is 16.5. The smallest absolute Gasteiger partial charge is 0.331 e. The van der Waals surface area contributed by atoms with Crippen LogP contribution in [0, 0.1) is 0 Å². The zero-order valence-corrected chi connectivity index (χ0v) is 12.2.